The third-order valence-electron chi connectivity index (χ3n) is 1.95. The first-order valence-corrected chi connectivity index (χ1v) is 4.25. The standard InChI is InChI=1S/C8H15NO3/c1-2-12-8(11)5-9-3-7(4-9)6-10/h7,10H,2-6H2,1H3. The number of rotatable bonds is 4. The predicted octanol–water partition coefficient (Wildman–Crippen LogP) is -0.526. The molecular formula is C8H15NO3. The van der Waals surface area contributed by atoms with Gasteiger partial charge in [0.05, 0.1) is 13.2 Å². The van der Waals surface area contributed by atoms with Gasteiger partial charge in [-0.3, -0.25) is 9.69 Å². The molecule has 70 valence electrons. The maximum absolute atomic E-state index is 10.9. The van der Waals surface area contributed by atoms with E-state index in [4.69, 9.17) is 9.84 Å². The quantitative estimate of drug-likeness (QED) is 0.581. The summed E-state index contributed by atoms with van der Waals surface area (Å²) in [5, 5.41) is 8.70. The van der Waals surface area contributed by atoms with Crippen LogP contribution in [0.2, 0.25) is 0 Å². The van der Waals surface area contributed by atoms with Gasteiger partial charge >= 0.3 is 5.97 Å². The van der Waals surface area contributed by atoms with Gasteiger partial charge in [0.15, 0.2) is 0 Å². The zero-order chi connectivity index (χ0) is 8.97. The van der Waals surface area contributed by atoms with Crippen molar-refractivity contribution in [3.8, 4) is 0 Å². The van der Waals surface area contributed by atoms with Crippen LogP contribution >= 0.6 is 0 Å². The Hall–Kier alpha value is -0.610. The lowest BCUT2D eigenvalue weighted by atomic mass is 10.0. The molecule has 1 fully saturated rings. The Morgan fingerprint density at radius 2 is 2.33 bits per heavy atom. The van der Waals surface area contributed by atoms with E-state index in [-0.39, 0.29) is 12.6 Å². The number of carbonyl (C=O) groups excluding carboxylic acids is 1. The number of aliphatic hydroxyl groups excluding tert-OH is 1. The molecule has 0 atom stereocenters. The molecule has 0 aromatic heterocycles. The Kier molecular flexibility index (Phi) is 3.49. The third-order valence-corrected chi connectivity index (χ3v) is 1.95. The number of esters is 1. The van der Waals surface area contributed by atoms with Crippen LogP contribution in [-0.2, 0) is 9.53 Å². The van der Waals surface area contributed by atoms with Crippen LogP contribution < -0.4 is 0 Å². The summed E-state index contributed by atoms with van der Waals surface area (Å²) in [5.41, 5.74) is 0. The topological polar surface area (TPSA) is 49.8 Å². The molecule has 1 N–H and O–H groups in total. The molecule has 0 saturated carbocycles. The molecule has 0 amide bonds. The van der Waals surface area contributed by atoms with E-state index in [0.29, 0.717) is 19.1 Å². The molecule has 4 nitrogen and oxygen atoms in total. The minimum Gasteiger partial charge on any atom is -0.465 e. The smallest absolute Gasteiger partial charge is 0.320 e. The summed E-state index contributed by atoms with van der Waals surface area (Å²) in [7, 11) is 0. The molecule has 12 heavy (non-hydrogen) atoms. The Balaban J connectivity index is 2.06. The van der Waals surface area contributed by atoms with Crippen molar-refractivity contribution in [1.82, 2.24) is 4.90 Å². The van der Waals surface area contributed by atoms with Crippen molar-refractivity contribution in [2.75, 3.05) is 32.8 Å². The second kappa shape index (κ2) is 4.42. The Labute approximate surface area is 72.1 Å². The van der Waals surface area contributed by atoms with E-state index in [1.54, 1.807) is 6.92 Å². The molecule has 1 rings (SSSR count). The maximum atomic E-state index is 10.9. The molecule has 0 aromatic carbocycles. The van der Waals surface area contributed by atoms with Crippen molar-refractivity contribution in [1.29, 1.82) is 0 Å². The first kappa shape index (κ1) is 9.48. The van der Waals surface area contributed by atoms with Gasteiger partial charge < -0.3 is 9.84 Å². The van der Waals surface area contributed by atoms with Crippen molar-refractivity contribution < 1.29 is 14.6 Å². The summed E-state index contributed by atoms with van der Waals surface area (Å²) >= 11 is 0. The van der Waals surface area contributed by atoms with E-state index in [0.717, 1.165) is 13.1 Å². The summed E-state index contributed by atoms with van der Waals surface area (Å²) in [6.45, 7) is 4.45. The number of hydrogen-bond acceptors (Lipinski definition) is 4. The van der Waals surface area contributed by atoms with Crippen LogP contribution in [0.25, 0.3) is 0 Å². The van der Waals surface area contributed by atoms with E-state index < -0.39 is 0 Å². The number of likely N-dealkylation sites (tertiary alicyclic amines) is 1. The van der Waals surface area contributed by atoms with Gasteiger partial charge in [-0.2, -0.15) is 0 Å². The minimum absolute atomic E-state index is 0.172. The lowest BCUT2D eigenvalue weighted by Gasteiger charge is -2.37. The molecule has 0 bridgehead atoms. The molecule has 1 heterocycles. The summed E-state index contributed by atoms with van der Waals surface area (Å²) in [5.74, 6) is 0.188. The first-order chi connectivity index (χ1) is 5.76. The predicted molar refractivity (Wildman–Crippen MR) is 43.6 cm³/mol. The van der Waals surface area contributed by atoms with Crippen LogP contribution in [0.3, 0.4) is 0 Å². The highest BCUT2D eigenvalue weighted by Crippen LogP contribution is 2.13. The Bertz CT molecular complexity index is 154. The lowest BCUT2D eigenvalue weighted by Crippen LogP contribution is -2.50. The first-order valence-electron chi connectivity index (χ1n) is 4.25. The molecule has 0 unspecified atom stereocenters. The van der Waals surface area contributed by atoms with E-state index in [2.05, 4.69) is 0 Å². The van der Waals surface area contributed by atoms with E-state index in [1.807, 2.05) is 4.90 Å². The van der Waals surface area contributed by atoms with Gasteiger partial charge in [-0.1, -0.05) is 0 Å². The summed E-state index contributed by atoms with van der Waals surface area (Å²) in [6.07, 6.45) is 0. The normalized spacial score (nSPS) is 18.8. The zero-order valence-electron chi connectivity index (χ0n) is 7.32. The molecule has 4 heteroatoms. The van der Waals surface area contributed by atoms with Gasteiger partial charge in [0, 0.05) is 25.6 Å². The van der Waals surface area contributed by atoms with Crippen LogP contribution in [0.5, 0.6) is 0 Å². The second-order valence-electron chi connectivity index (χ2n) is 3.05. The molecule has 0 spiro atoms. The Morgan fingerprint density at radius 3 is 2.83 bits per heavy atom. The van der Waals surface area contributed by atoms with Crippen LogP contribution in [0.15, 0.2) is 0 Å². The summed E-state index contributed by atoms with van der Waals surface area (Å²) in [6, 6.07) is 0. The van der Waals surface area contributed by atoms with Crippen LogP contribution in [0.1, 0.15) is 6.92 Å². The number of nitrogens with zero attached hydrogens (tertiary/aromatic N) is 1. The third kappa shape index (κ3) is 2.46. The van der Waals surface area contributed by atoms with Crippen LogP contribution in [0, 0.1) is 5.92 Å². The molecule has 1 saturated heterocycles. The van der Waals surface area contributed by atoms with E-state index in [1.165, 1.54) is 0 Å². The molecular weight excluding hydrogens is 158 g/mol. The highest BCUT2D eigenvalue weighted by molar-refractivity contribution is 5.71. The van der Waals surface area contributed by atoms with Crippen molar-refractivity contribution >= 4 is 5.97 Å². The van der Waals surface area contributed by atoms with Crippen molar-refractivity contribution in [3.05, 3.63) is 0 Å². The van der Waals surface area contributed by atoms with E-state index in [9.17, 15) is 4.79 Å². The molecule has 0 aliphatic carbocycles. The number of carbonyl (C=O) groups is 1. The van der Waals surface area contributed by atoms with Crippen molar-refractivity contribution in [3.63, 3.8) is 0 Å². The average molecular weight is 173 g/mol. The fourth-order valence-corrected chi connectivity index (χ4v) is 1.31. The van der Waals surface area contributed by atoms with Gasteiger partial charge in [-0.05, 0) is 6.92 Å². The van der Waals surface area contributed by atoms with Crippen molar-refractivity contribution in [2.45, 2.75) is 6.92 Å². The van der Waals surface area contributed by atoms with Gasteiger partial charge in [0.1, 0.15) is 0 Å². The molecule has 0 radical (unpaired) electrons. The monoisotopic (exact) mass is 173 g/mol. The van der Waals surface area contributed by atoms with Crippen molar-refractivity contribution in [2.24, 2.45) is 5.92 Å². The largest absolute Gasteiger partial charge is 0.465 e. The molecule has 0 aromatic rings. The SMILES string of the molecule is CCOC(=O)CN1CC(CO)C1. The van der Waals surface area contributed by atoms with Gasteiger partial charge in [0.25, 0.3) is 0 Å². The van der Waals surface area contributed by atoms with Crippen LogP contribution in [0.4, 0.5) is 0 Å². The average Bonchev–Trinajstić information content (AvgIpc) is 1.96. The maximum Gasteiger partial charge on any atom is 0.320 e. The lowest BCUT2D eigenvalue weighted by molar-refractivity contribution is -0.146. The number of hydrogen-bond donors (Lipinski definition) is 1. The van der Waals surface area contributed by atoms with Crippen LogP contribution in [-0.4, -0.2) is 48.8 Å². The summed E-state index contributed by atoms with van der Waals surface area (Å²) in [4.78, 5) is 12.9. The number of aliphatic hydroxyl groups is 1. The fourth-order valence-electron chi connectivity index (χ4n) is 1.31. The second-order valence-corrected chi connectivity index (χ2v) is 3.05. The van der Waals surface area contributed by atoms with Gasteiger partial charge in [0.2, 0.25) is 0 Å². The van der Waals surface area contributed by atoms with E-state index >= 15 is 0 Å². The minimum atomic E-state index is -0.172. The highest BCUT2D eigenvalue weighted by atomic mass is 16.5. The number of ether oxygens (including phenoxy) is 1. The zero-order valence-corrected chi connectivity index (χ0v) is 7.32. The summed E-state index contributed by atoms with van der Waals surface area (Å²) < 4.78 is 4.77. The fraction of sp³-hybridized carbons (Fsp3) is 0.875. The van der Waals surface area contributed by atoms with Gasteiger partial charge in [-0.15, -0.1) is 0 Å². The molecule has 1 aliphatic rings. The molecule has 1 aliphatic heterocycles. The van der Waals surface area contributed by atoms with Gasteiger partial charge in [-0.25, -0.2) is 0 Å². The Morgan fingerprint density at radius 1 is 1.67 bits per heavy atom. The highest BCUT2D eigenvalue weighted by Gasteiger charge is 2.27.